The molecule has 118 valence electrons. The normalized spacial score (nSPS) is 12.3. The Morgan fingerprint density at radius 1 is 1.23 bits per heavy atom. The van der Waals surface area contributed by atoms with Gasteiger partial charge in [0.2, 0.25) is 0 Å². The fourth-order valence-electron chi connectivity index (χ4n) is 2.97. The van der Waals surface area contributed by atoms with Gasteiger partial charge in [0.15, 0.2) is 0 Å². The van der Waals surface area contributed by atoms with E-state index in [9.17, 15) is 4.79 Å². The van der Waals surface area contributed by atoms with Crippen LogP contribution in [0.5, 0.6) is 5.75 Å². The molecule has 2 N–H and O–H groups in total. The van der Waals surface area contributed by atoms with Crippen LogP contribution in [0.25, 0.3) is 0 Å². The van der Waals surface area contributed by atoms with Crippen molar-refractivity contribution in [1.82, 2.24) is 4.57 Å². The van der Waals surface area contributed by atoms with Gasteiger partial charge < -0.3 is 15.0 Å². The molecule has 1 atom stereocenters. The molecule has 1 aromatic carbocycles. The maximum Gasteiger partial charge on any atom is 0.256 e. The molecule has 1 unspecified atom stereocenters. The summed E-state index contributed by atoms with van der Waals surface area (Å²) in [6, 6.07) is 7.37. The van der Waals surface area contributed by atoms with Crippen LogP contribution in [0.15, 0.2) is 29.1 Å². The maximum atomic E-state index is 12.8. The largest absolute Gasteiger partial charge is 0.496 e. The summed E-state index contributed by atoms with van der Waals surface area (Å²) in [4.78, 5) is 12.8. The van der Waals surface area contributed by atoms with Crippen LogP contribution in [-0.2, 0) is 6.54 Å². The molecule has 0 fully saturated rings. The van der Waals surface area contributed by atoms with E-state index in [1.807, 2.05) is 52.0 Å². The van der Waals surface area contributed by atoms with Crippen LogP contribution in [0.1, 0.15) is 40.9 Å². The number of methoxy groups -OCH3 is 1. The number of ether oxygens (including phenoxy) is 1. The summed E-state index contributed by atoms with van der Waals surface area (Å²) >= 11 is 0. The van der Waals surface area contributed by atoms with Gasteiger partial charge in [0.25, 0.3) is 5.56 Å². The minimum atomic E-state index is -0.499. The predicted molar refractivity (Wildman–Crippen MR) is 89.6 cm³/mol. The van der Waals surface area contributed by atoms with E-state index < -0.39 is 6.04 Å². The van der Waals surface area contributed by atoms with Crippen molar-refractivity contribution in [2.45, 2.75) is 40.3 Å². The van der Waals surface area contributed by atoms with Gasteiger partial charge in [-0.1, -0.05) is 17.7 Å². The Bertz CT molecular complexity index is 747. The van der Waals surface area contributed by atoms with Gasteiger partial charge in [-0.15, -0.1) is 0 Å². The van der Waals surface area contributed by atoms with Crippen molar-refractivity contribution in [3.05, 3.63) is 62.6 Å². The molecule has 0 radical (unpaired) electrons. The van der Waals surface area contributed by atoms with Crippen molar-refractivity contribution in [3.63, 3.8) is 0 Å². The van der Waals surface area contributed by atoms with Crippen LogP contribution in [-0.4, -0.2) is 11.7 Å². The molecule has 22 heavy (non-hydrogen) atoms. The molecule has 0 saturated carbocycles. The number of hydrogen-bond donors (Lipinski definition) is 1. The highest BCUT2D eigenvalue weighted by molar-refractivity contribution is 5.45. The second kappa shape index (κ2) is 6.36. The number of hydrogen-bond acceptors (Lipinski definition) is 3. The Kier molecular flexibility index (Phi) is 4.71. The summed E-state index contributed by atoms with van der Waals surface area (Å²) in [5.74, 6) is 0.709. The van der Waals surface area contributed by atoms with E-state index >= 15 is 0 Å². The van der Waals surface area contributed by atoms with Gasteiger partial charge in [0, 0.05) is 23.4 Å². The molecule has 4 heteroatoms. The van der Waals surface area contributed by atoms with E-state index in [0.29, 0.717) is 17.9 Å². The number of rotatable bonds is 4. The summed E-state index contributed by atoms with van der Waals surface area (Å²) < 4.78 is 7.17. The number of pyridine rings is 1. The smallest absolute Gasteiger partial charge is 0.256 e. The first-order valence-corrected chi connectivity index (χ1v) is 7.51. The van der Waals surface area contributed by atoms with Crippen molar-refractivity contribution >= 4 is 0 Å². The summed E-state index contributed by atoms with van der Waals surface area (Å²) in [6.07, 6.45) is 0. The Labute approximate surface area is 131 Å². The Morgan fingerprint density at radius 3 is 2.50 bits per heavy atom. The minimum absolute atomic E-state index is 0.0175. The van der Waals surface area contributed by atoms with Gasteiger partial charge in [-0.25, -0.2) is 0 Å². The number of aryl methyl sites for hydroxylation is 3. The first-order chi connectivity index (χ1) is 10.4. The second-order valence-electron chi connectivity index (χ2n) is 5.65. The van der Waals surface area contributed by atoms with Crippen molar-refractivity contribution in [2.75, 3.05) is 7.11 Å². The molecule has 2 aromatic rings. The molecular formula is C18H24N2O2. The fraction of sp³-hybridized carbons (Fsp3) is 0.389. The fourth-order valence-corrected chi connectivity index (χ4v) is 2.97. The van der Waals surface area contributed by atoms with Crippen LogP contribution in [0.4, 0.5) is 0 Å². The molecule has 1 heterocycles. The number of nitrogens with zero attached hydrogens (tertiary/aromatic N) is 1. The number of nitrogens with two attached hydrogens (primary N) is 1. The zero-order chi connectivity index (χ0) is 16.4. The van der Waals surface area contributed by atoms with Gasteiger partial charge >= 0.3 is 0 Å². The van der Waals surface area contributed by atoms with Crippen LogP contribution in [0.3, 0.4) is 0 Å². The molecule has 4 nitrogen and oxygen atoms in total. The lowest BCUT2D eigenvalue weighted by molar-refractivity contribution is 0.407. The first-order valence-electron chi connectivity index (χ1n) is 7.51. The molecule has 0 saturated heterocycles. The minimum Gasteiger partial charge on any atom is -0.496 e. The van der Waals surface area contributed by atoms with E-state index in [0.717, 1.165) is 22.4 Å². The third kappa shape index (κ3) is 2.79. The van der Waals surface area contributed by atoms with Gasteiger partial charge in [0.05, 0.1) is 13.2 Å². The number of benzene rings is 1. The molecular weight excluding hydrogens is 276 g/mol. The van der Waals surface area contributed by atoms with E-state index in [1.54, 1.807) is 11.7 Å². The summed E-state index contributed by atoms with van der Waals surface area (Å²) in [7, 11) is 1.62. The molecule has 2 rings (SSSR count). The van der Waals surface area contributed by atoms with E-state index in [-0.39, 0.29) is 5.56 Å². The second-order valence-corrected chi connectivity index (χ2v) is 5.65. The molecule has 0 spiro atoms. The van der Waals surface area contributed by atoms with Crippen LogP contribution in [0.2, 0.25) is 0 Å². The Morgan fingerprint density at radius 2 is 1.91 bits per heavy atom. The quantitative estimate of drug-likeness (QED) is 0.944. The molecule has 0 amide bonds. The van der Waals surface area contributed by atoms with Crippen molar-refractivity contribution < 1.29 is 4.74 Å². The SMILES string of the molecule is CCn1c(C)cc(C)c(C(N)c2cc(C)ccc2OC)c1=O. The third-order valence-corrected chi connectivity index (χ3v) is 4.10. The van der Waals surface area contributed by atoms with Crippen molar-refractivity contribution in [1.29, 1.82) is 0 Å². The standard InChI is InChI=1S/C18H24N2O2/c1-6-20-13(4)10-12(3)16(18(20)21)17(19)14-9-11(2)7-8-15(14)22-5/h7-10,17H,6,19H2,1-5H3. The number of aromatic nitrogens is 1. The zero-order valence-electron chi connectivity index (χ0n) is 13.9. The summed E-state index contributed by atoms with van der Waals surface area (Å²) in [5, 5.41) is 0. The average Bonchev–Trinajstić information content (AvgIpc) is 2.47. The average molecular weight is 300 g/mol. The molecule has 1 aromatic heterocycles. The topological polar surface area (TPSA) is 57.2 Å². The highest BCUT2D eigenvalue weighted by Gasteiger charge is 2.21. The molecule has 0 bridgehead atoms. The van der Waals surface area contributed by atoms with Crippen LogP contribution >= 0.6 is 0 Å². The van der Waals surface area contributed by atoms with Gasteiger partial charge in [-0.3, -0.25) is 4.79 Å². The highest BCUT2D eigenvalue weighted by Crippen LogP contribution is 2.29. The Hall–Kier alpha value is -2.07. The molecule has 0 aliphatic carbocycles. The monoisotopic (exact) mass is 300 g/mol. The van der Waals surface area contributed by atoms with Gasteiger partial charge in [0.1, 0.15) is 5.75 Å². The summed E-state index contributed by atoms with van der Waals surface area (Å²) in [6.45, 7) is 8.48. The van der Waals surface area contributed by atoms with E-state index in [2.05, 4.69) is 0 Å². The van der Waals surface area contributed by atoms with Gasteiger partial charge in [-0.05, 0) is 45.4 Å². The predicted octanol–water partition coefficient (Wildman–Crippen LogP) is 2.85. The molecule has 0 aliphatic heterocycles. The van der Waals surface area contributed by atoms with Crippen LogP contribution in [0, 0.1) is 20.8 Å². The maximum absolute atomic E-state index is 12.8. The molecule has 0 aliphatic rings. The van der Waals surface area contributed by atoms with Gasteiger partial charge in [-0.2, -0.15) is 0 Å². The Balaban J connectivity index is 2.67. The van der Waals surface area contributed by atoms with Crippen molar-refractivity contribution in [3.8, 4) is 5.75 Å². The first kappa shape index (κ1) is 16.3. The van der Waals surface area contributed by atoms with E-state index in [4.69, 9.17) is 10.5 Å². The highest BCUT2D eigenvalue weighted by atomic mass is 16.5. The lowest BCUT2D eigenvalue weighted by Gasteiger charge is -2.20. The zero-order valence-corrected chi connectivity index (χ0v) is 13.9. The summed E-state index contributed by atoms with van der Waals surface area (Å²) in [5.41, 5.74) is 10.9. The lowest BCUT2D eigenvalue weighted by atomic mass is 9.94. The third-order valence-electron chi connectivity index (χ3n) is 4.10. The van der Waals surface area contributed by atoms with E-state index in [1.165, 1.54) is 0 Å². The van der Waals surface area contributed by atoms with Crippen LogP contribution < -0.4 is 16.0 Å². The van der Waals surface area contributed by atoms with Crippen molar-refractivity contribution in [2.24, 2.45) is 5.73 Å². The lowest BCUT2D eigenvalue weighted by Crippen LogP contribution is -2.31.